The summed E-state index contributed by atoms with van der Waals surface area (Å²) >= 11 is 0. The fraction of sp³-hybridized carbons (Fsp3) is 1.00. The Hall–Kier alpha value is 0.110. The maximum atomic E-state index is 11.1. The number of ether oxygens (including phenoxy) is 1. The molecule has 1 aliphatic rings. The predicted molar refractivity (Wildman–Crippen MR) is 49.6 cm³/mol. The molecule has 0 aromatic heterocycles. The zero-order valence-electron chi connectivity index (χ0n) is 8.01. The monoisotopic (exact) mass is 208 g/mol. The van der Waals surface area contributed by atoms with Crippen molar-refractivity contribution in [3.05, 3.63) is 0 Å². The standard InChI is InChI=1S/C8H17O4P/c1-6-3-4-7(12-2)8(5-6)13(9,10)11/h6-8H,3-5H2,1-2H3,(H2,9,10,11). The van der Waals surface area contributed by atoms with E-state index < -0.39 is 13.3 Å². The van der Waals surface area contributed by atoms with E-state index in [-0.39, 0.29) is 6.10 Å². The van der Waals surface area contributed by atoms with Gasteiger partial charge in [0, 0.05) is 7.11 Å². The van der Waals surface area contributed by atoms with Crippen LogP contribution in [0.5, 0.6) is 0 Å². The van der Waals surface area contributed by atoms with Gasteiger partial charge in [-0.1, -0.05) is 6.92 Å². The first kappa shape index (κ1) is 11.2. The largest absolute Gasteiger partial charge is 0.380 e. The molecule has 0 spiro atoms. The summed E-state index contributed by atoms with van der Waals surface area (Å²) in [6.07, 6.45) is 2.06. The zero-order chi connectivity index (χ0) is 10.1. The molecule has 13 heavy (non-hydrogen) atoms. The fourth-order valence-corrected chi connectivity index (χ4v) is 3.29. The van der Waals surface area contributed by atoms with Gasteiger partial charge < -0.3 is 14.5 Å². The first-order valence-electron chi connectivity index (χ1n) is 4.53. The van der Waals surface area contributed by atoms with Crippen molar-refractivity contribution in [3.63, 3.8) is 0 Å². The second kappa shape index (κ2) is 4.09. The number of hydrogen-bond donors (Lipinski definition) is 2. The lowest BCUT2D eigenvalue weighted by Gasteiger charge is -2.33. The second-order valence-electron chi connectivity index (χ2n) is 3.85. The summed E-state index contributed by atoms with van der Waals surface area (Å²) < 4.78 is 16.2. The molecule has 1 aliphatic carbocycles. The zero-order valence-corrected chi connectivity index (χ0v) is 8.91. The Labute approximate surface area is 78.5 Å². The summed E-state index contributed by atoms with van der Waals surface area (Å²) in [6, 6.07) is 0. The first-order valence-corrected chi connectivity index (χ1v) is 6.21. The van der Waals surface area contributed by atoms with Crippen molar-refractivity contribution in [3.8, 4) is 0 Å². The minimum absolute atomic E-state index is 0.267. The summed E-state index contributed by atoms with van der Waals surface area (Å²) in [5.74, 6) is 0.393. The van der Waals surface area contributed by atoms with E-state index in [0.717, 1.165) is 12.8 Å². The lowest BCUT2D eigenvalue weighted by molar-refractivity contribution is 0.0553. The van der Waals surface area contributed by atoms with Crippen molar-refractivity contribution in [1.82, 2.24) is 0 Å². The van der Waals surface area contributed by atoms with Crippen molar-refractivity contribution in [1.29, 1.82) is 0 Å². The van der Waals surface area contributed by atoms with Crippen LogP contribution in [0.4, 0.5) is 0 Å². The van der Waals surface area contributed by atoms with Crippen LogP contribution >= 0.6 is 7.60 Å². The summed E-state index contributed by atoms with van der Waals surface area (Å²) in [7, 11) is -2.46. The first-order chi connectivity index (χ1) is 5.95. The van der Waals surface area contributed by atoms with Gasteiger partial charge in [-0.25, -0.2) is 0 Å². The van der Waals surface area contributed by atoms with Crippen molar-refractivity contribution < 1.29 is 19.1 Å². The van der Waals surface area contributed by atoms with E-state index in [4.69, 9.17) is 14.5 Å². The Morgan fingerprint density at radius 2 is 2.00 bits per heavy atom. The van der Waals surface area contributed by atoms with E-state index >= 15 is 0 Å². The van der Waals surface area contributed by atoms with Gasteiger partial charge in [-0.05, 0) is 25.2 Å². The van der Waals surface area contributed by atoms with Crippen LogP contribution in [0.3, 0.4) is 0 Å². The second-order valence-corrected chi connectivity index (χ2v) is 5.69. The third kappa shape index (κ3) is 2.78. The molecule has 0 heterocycles. The Morgan fingerprint density at radius 3 is 2.46 bits per heavy atom. The minimum atomic E-state index is -3.98. The number of hydrogen-bond acceptors (Lipinski definition) is 2. The van der Waals surface area contributed by atoms with Gasteiger partial charge in [-0.3, -0.25) is 4.57 Å². The molecule has 0 aromatic rings. The molecule has 3 unspecified atom stereocenters. The van der Waals surface area contributed by atoms with Crippen LogP contribution in [0.2, 0.25) is 0 Å². The van der Waals surface area contributed by atoms with Crippen molar-refractivity contribution in [2.45, 2.75) is 37.9 Å². The average Bonchev–Trinajstić information content (AvgIpc) is 2.03. The maximum Gasteiger partial charge on any atom is 0.331 e. The predicted octanol–water partition coefficient (Wildman–Crippen LogP) is 1.37. The molecule has 0 amide bonds. The molecule has 4 nitrogen and oxygen atoms in total. The molecule has 0 radical (unpaired) electrons. The lowest BCUT2D eigenvalue weighted by atomic mass is 9.88. The Balaban J connectivity index is 2.71. The van der Waals surface area contributed by atoms with Crippen LogP contribution < -0.4 is 0 Å². The molecule has 78 valence electrons. The van der Waals surface area contributed by atoms with E-state index in [9.17, 15) is 4.57 Å². The van der Waals surface area contributed by atoms with Crippen molar-refractivity contribution in [2.75, 3.05) is 7.11 Å². The van der Waals surface area contributed by atoms with Crippen LogP contribution in [0.1, 0.15) is 26.2 Å². The number of rotatable bonds is 2. The van der Waals surface area contributed by atoms with Crippen molar-refractivity contribution >= 4 is 7.60 Å². The smallest absolute Gasteiger partial charge is 0.331 e. The molecule has 5 heteroatoms. The SMILES string of the molecule is COC1CCC(C)CC1P(=O)(O)O. The van der Waals surface area contributed by atoms with Crippen LogP contribution in [0.15, 0.2) is 0 Å². The van der Waals surface area contributed by atoms with E-state index in [0.29, 0.717) is 12.3 Å². The molecule has 0 aliphatic heterocycles. The van der Waals surface area contributed by atoms with E-state index in [1.807, 2.05) is 6.92 Å². The highest BCUT2D eigenvalue weighted by Gasteiger charge is 2.40. The lowest BCUT2D eigenvalue weighted by Crippen LogP contribution is -2.34. The molecule has 1 saturated carbocycles. The summed E-state index contributed by atoms with van der Waals surface area (Å²) in [4.78, 5) is 18.2. The highest BCUT2D eigenvalue weighted by Crippen LogP contribution is 2.49. The van der Waals surface area contributed by atoms with Gasteiger partial charge in [0.2, 0.25) is 0 Å². The molecular weight excluding hydrogens is 191 g/mol. The van der Waals surface area contributed by atoms with Gasteiger partial charge >= 0.3 is 7.60 Å². The average molecular weight is 208 g/mol. The van der Waals surface area contributed by atoms with Crippen molar-refractivity contribution in [2.24, 2.45) is 5.92 Å². The van der Waals surface area contributed by atoms with E-state index in [1.165, 1.54) is 7.11 Å². The highest BCUT2D eigenvalue weighted by molar-refractivity contribution is 7.52. The maximum absolute atomic E-state index is 11.1. The third-order valence-electron chi connectivity index (χ3n) is 2.75. The van der Waals surface area contributed by atoms with Gasteiger partial charge in [0.1, 0.15) is 0 Å². The van der Waals surface area contributed by atoms with Crippen LogP contribution in [0, 0.1) is 5.92 Å². The van der Waals surface area contributed by atoms with E-state index in [2.05, 4.69) is 0 Å². The summed E-state index contributed by atoms with van der Waals surface area (Å²) in [5.41, 5.74) is -0.596. The summed E-state index contributed by atoms with van der Waals surface area (Å²) in [5, 5.41) is 0. The Bertz CT molecular complexity index is 212. The molecule has 2 N–H and O–H groups in total. The Morgan fingerprint density at radius 1 is 1.38 bits per heavy atom. The highest BCUT2D eigenvalue weighted by atomic mass is 31.2. The van der Waals surface area contributed by atoms with E-state index in [1.54, 1.807) is 0 Å². The Kier molecular flexibility index (Phi) is 3.52. The summed E-state index contributed by atoms with van der Waals surface area (Å²) in [6.45, 7) is 2.02. The van der Waals surface area contributed by atoms with Gasteiger partial charge in [0.25, 0.3) is 0 Å². The quantitative estimate of drug-likeness (QED) is 0.672. The topological polar surface area (TPSA) is 66.8 Å². The molecule has 0 saturated heterocycles. The molecule has 3 atom stereocenters. The molecule has 0 bridgehead atoms. The van der Waals surface area contributed by atoms with Crippen LogP contribution in [-0.2, 0) is 9.30 Å². The molecule has 1 fully saturated rings. The fourth-order valence-electron chi connectivity index (χ4n) is 1.95. The van der Waals surface area contributed by atoms with Gasteiger partial charge in [-0.15, -0.1) is 0 Å². The third-order valence-corrected chi connectivity index (χ3v) is 4.16. The van der Waals surface area contributed by atoms with Crippen LogP contribution in [0.25, 0.3) is 0 Å². The minimum Gasteiger partial charge on any atom is -0.380 e. The van der Waals surface area contributed by atoms with Gasteiger partial charge in [-0.2, -0.15) is 0 Å². The number of methoxy groups -OCH3 is 1. The molecule has 0 aromatic carbocycles. The van der Waals surface area contributed by atoms with Gasteiger partial charge in [0.15, 0.2) is 0 Å². The molecular formula is C8H17O4P. The molecule has 1 rings (SSSR count). The normalized spacial score (nSPS) is 36.2. The van der Waals surface area contributed by atoms with Gasteiger partial charge in [0.05, 0.1) is 11.8 Å². The van der Waals surface area contributed by atoms with Crippen LogP contribution in [-0.4, -0.2) is 28.7 Å².